The van der Waals surface area contributed by atoms with Gasteiger partial charge in [-0.05, 0) is 36.6 Å². The van der Waals surface area contributed by atoms with E-state index in [1.165, 1.54) is 0 Å². The third kappa shape index (κ3) is 2.35. The zero-order valence-electron chi connectivity index (χ0n) is 8.25. The highest BCUT2D eigenvalue weighted by molar-refractivity contribution is 9.10. The van der Waals surface area contributed by atoms with E-state index in [4.69, 9.17) is 5.11 Å². The molecule has 0 spiro atoms. The lowest BCUT2D eigenvalue weighted by Crippen LogP contribution is -2.11. The van der Waals surface area contributed by atoms with Crippen molar-refractivity contribution in [3.05, 3.63) is 33.8 Å². The van der Waals surface area contributed by atoms with Crippen LogP contribution >= 0.6 is 15.9 Å². The Morgan fingerprint density at radius 2 is 2.21 bits per heavy atom. The van der Waals surface area contributed by atoms with Crippen LogP contribution in [-0.2, 0) is 4.79 Å². The van der Waals surface area contributed by atoms with Gasteiger partial charge in [0.15, 0.2) is 0 Å². The van der Waals surface area contributed by atoms with Gasteiger partial charge in [0.1, 0.15) is 0 Å². The molecule has 0 unspecified atom stereocenters. The molecule has 0 aliphatic carbocycles. The zero-order chi connectivity index (χ0) is 10.7. The van der Waals surface area contributed by atoms with Crippen molar-refractivity contribution in [2.75, 3.05) is 0 Å². The van der Waals surface area contributed by atoms with Crippen molar-refractivity contribution in [3.63, 3.8) is 0 Å². The standard InChI is InChI=1S/C11H13BrO2/c1-3-9(11(13)14)10-5-4-8(12)6-7(10)2/h4-6,9H,3H2,1-2H3,(H,13,14)/t9-/m1/s1. The molecule has 0 aliphatic heterocycles. The van der Waals surface area contributed by atoms with Crippen LogP contribution in [0.2, 0.25) is 0 Å². The summed E-state index contributed by atoms with van der Waals surface area (Å²) in [6.45, 7) is 3.83. The number of aryl methyl sites for hydroxylation is 1. The monoisotopic (exact) mass is 256 g/mol. The number of hydrogen-bond donors (Lipinski definition) is 1. The maximum Gasteiger partial charge on any atom is 0.310 e. The van der Waals surface area contributed by atoms with Gasteiger partial charge in [-0.15, -0.1) is 0 Å². The second-order valence-corrected chi connectivity index (χ2v) is 4.22. The van der Waals surface area contributed by atoms with Crippen molar-refractivity contribution in [2.45, 2.75) is 26.2 Å². The average molecular weight is 257 g/mol. The van der Waals surface area contributed by atoms with Crippen molar-refractivity contribution in [3.8, 4) is 0 Å². The van der Waals surface area contributed by atoms with Gasteiger partial charge in [0.25, 0.3) is 0 Å². The fraction of sp³-hybridized carbons (Fsp3) is 0.364. The number of rotatable bonds is 3. The van der Waals surface area contributed by atoms with Gasteiger partial charge < -0.3 is 5.11 Å². The van der Waals surface area contributed by atoms with E-state index in [0.717, 1.165) is 15.6 Å². The molecule has 0 heterocycles. The lowest BCUT2D eigenvalue weighted by Gasteiger charge is -2.13. The second kappa shape index (κ2) is 4.60. The van der Waals surface area contributed by atoms with Crippen LogP contribution in [0.5, 0.6) is 0 Å². The van der Waals surface area contributed by atoms with E-state index in [1.54, 1.807) is 0 Å². The Morgan fingerprint density at radius 1 is 1.57 bits per heavy atom. The Morgan fingerprint density at radius 3 is 2.64 bits per heavy atom. The first-order valence-electron chi connectivity index (χ1n) is 4.55. The SMILES string of the molecule is CC[C@@H](C(=O)O)c1ccc(Br)cc1C. The number of halogens is 1. The van der Waals surface area contributed by atoms with E-state index in [-0.39, 0.29) is 5.92 Å². The molecule has 0 fully saturated rings. The van der Waals surface area contributed by atoms with Crippen molar-refractivity contribution < 1.29 is 9.90 Å². The number of hydrogen-bond acceptors (Lipinski definition) is 1. The Kier molecular flexibility index (Phi) is 3.69. The molecule has 0 bridgehead atoms. The smallest absolute Gasteiger partial charge is 0.310 e. The fourth-order valence-electron chi connectivity index (χ4n) is 1.56. The van der Waals surface area contributed by atoms with Gasteiger partial charge >= 0.3 is 5.97 Å². The highest BCUT2D eigenvalue weighted by atomic mass is 79.9. The second-order valence-electron chi connectivity index (χ2n) is 3.30. The van der Waals surface area contributed by atoms with Gasteiger partial charge in [-0.2, -0.15) is 0 Å². The molecular formula is C11H13BrO2. The molecular weight excluding hydrogens is 244 g/mol. The highest BCUT2D eigenvalue weighted by Gasteiger charge is 2.18. The van der Waals surface area contributed by atoms with Crippen molar-refractivity contribution in [1.29, 1.82) is 0 Å². The number of carboxylic acid groups (broad SMARTS) is 1. The predicted octanol–water partition coefficient (Wildman–Crippen LogP) is 3.34. The Bertz CT molecular complexity index is 347. The summed E-state index contributed by atoms with van der Waals surface area (Å²) in [5.41, 5.74) is 1.93. The van der Waals surface area contributed by atoms with E-state index in [1.807, 2.05) is 32.0 Å². The molecule has 1 rings (SSSR count). The number of carboxylic acids is 1. The third-order valence-electron chi connectivity index (χ3n) is 2.31. The van der Waals surface area contributed by atoms with Crippen LogP contribution < -0.4 is 0 Å². The normalized spacial score (nSPS) is 12.5. The molecule has 0 radical (unpaired) electrons. The Hall–Kier alpha value is -0.830. The van der Waals surface area contributed by atoms with Gasteiger partial charge in [0.05, 0.1) is 5.92 Å². The topological polar surface area (TPSA) is 37.3 Å². The summed E-state index contributed by atoms with van der Waals surface area (Å²) in [6.07, 6.45) is 0.623. The Balaban J connectivity index is 3.10. The Labute approximate surface area is 92.1 Å². The average Bonchev–Trinajstić information content (AvgIpc) is 2.09. The minimum Gasteiger partial charge on any atom is -0.481 e. The summed E-state index contributed by atoms with van der Waals surface area (Å²) in [5, 5.41) is 9.01. The van der Waals surface area contributed by atoms with Crippen LogP contribution in [0, 0.1) is 6.92 Å². The molecule has 1 N–H and O–H groups in total. The summed E-state index contributed by atoms with van der Waals surface area (Å²) in [5.74, 6) is -1.14. The summed E-state index contributed by atoms with van der Waals surface area (Å²) in [4.78, 5) is 11.0. The van der Waals surface area contributed by atoms with Crippen LogP contribution in [0.25, 0.3) is 0 Å². The molecule has 0 saturated heterocycles. The van der Waals surface area contributed by atoms with Gasteiger partial charge in [0.2, 0.25) is 0 Å². The van der Waals surface area contributed by atoms with E-state index in [9.17, 15) is 4.79 Å². The molecule has 1 atom stereocenters. The summed E-state index contributed by atoms with van der Waals surface area (Å²) in [7, 11) is 0. The molecule has 0 amide bonds. The molecule has 14 heavy (non-hydrogen) atoms. The van der Waals surface area contributed by atoms with Gasteiger partial charge in [-0.25, -0.2) is 0 Å². The highest BCUT2D eigenvalue weighted by Crippen LogP contribution is 2.25. The first kappa shape index (κ1) is 11.2. The van der Waals surface area contributed by atoms with Crippen LogP contribution in [0.1, 0.15) is 30.4 Å². The van der Waals surface area contributed by atoms with E-state index in [2.05, 4.69) is 15.9 Å². The van der Waals surface area contributed by atoms with E-state index >= 15 is 0 Å². The van der Waals surface area contributed by atoms with Gasteiger partial charge in [-0.1, -0.05) is 28.9 Å². The summed E-state index contributed by atoms with van der Waals surface area (Å²) in [6, 6.07) is 5.70. The molecule has 3 heteroatoms. The van der Waals surface area contributed by atoms with E-state index in [0.29, 0.717) is 6.42 Å². The minimum absolute atomic E-state index is 0.386. The number of benzene rings is 1. The third-order valence-corrected chi connectivity index (χ3v) is 2.81. The van der Waals surface area contributed by atoms with Crippen LogP contribution in [0.15, 0.2) is 22.7 Å². The molecule has 2 nitrogen and oxygen atoms in total. The van der Waals surface area contributed by atoms with Gasteiger partial charge in [0, 0.05) is 4.47 Å². The first-order chi connectivity index (χ1) is 6.56. The lowest BCUT2D eigenvalue weighted by molar-refractivity contribution is -0.138. The lowest BCUT2D eigenvalue weighted by atomic mass is 9.93. The van der Waals surface area contributed by atoms with Crippen molar-refractivity contribution in [1.82, 2.24) is 0 Å². The van der Waals surface area contributed by atoms with Gasteiger partial charge in [-0.3, -0.25) is 4.79 Å². The molecule has 1 aromatic rings. The quantitative estimate of drug-likeness (QED) is 0.901. The molecule has 76 valence electrons. The molecule has 0 aliphatic rings. The first-order valence-corrected chi connectivity index (χ1v) is 5.34. The maximum absolute atomic E-state index is 11.0. The minimum atomic E-state index is -0.752. The van der Waals surface area contributed by atoms with Crippen LogP contribution in [-0.4, -0.2) is 11.1 Å². The molecule has 1 aromatic carbocycles. The fourth-order valence-corrected chi connectivity index (χ4v) is 2.03. The van der Waals surface area contributed by atoms with E-state index < -0.39 is 5.97 Å². The number of carbonyl (C=O) groups is 1. The largest absolute Gasteiger partial charge is 0.481 e. The maximum atomic E-state index is 11.0. The number of aliphatic carboxylic acids is 1. The summed E-state index contributed by atoms with van der Waals surface area (Å²) < 4.78 is 0.985. The van der Waals surface area contributed by atoms with Crippen molar-refractivity contribution in [2.24, 2.45) is 0 Å². The molecule has 0 aromatic heterocycles. The predicted molar refractivity (Wildman–Crippen MR) is 59.5 cm³/mol. The summed E-state index contributed by atoms with van der Waals surface area (Å²) >= 11 is 3.36. The van der Waals surface area contributed by atoms with Crippen LogP contribution in [0.4, 0.5) is 0 Å². The van der Waals surface area contributed by atoms with Crippen LogP contribution in [0.3, 0.4) is 0 Å². The van der Waals surface area contributed by atoms with Crippen molar-refractivity contribution >= 4 is 21.9 Å². The zero-order valence-corrected chi connectivity index (χ0v) is 9.84. The molecule has 0 saturated carbocycles.